The molecule has 0 radical (unpaired) electrons. The second-order valence-corrected chi connectivity index (χ2v) is 11.2. The average molecular weight is 463 g/mol. The summed E-state index contributed by atoms with van der Waals surface area (Å²) in [5.74, 6) is -0.732. The van der Waals surface area contributed by atoms with E-state index in [1.807, 2.05) is 0 Å². The third-order valence-electron chi connectivity index (χ3n) is 4.09. The number of sulfonamides is 1. The minimum atomic E-state index is -3.48. The molecule has 3 rings (SSSR count). The fraction of sp³-hybridized carbons (Fsp3) is 0.467. The molecule has 0 unspecified atom stereocenters. The molecule has 0 aliphatic carbocycles. The van der Waals surface area contributed by atoms with Crippen LogP contribution in [0.15, 0.2) is 26.1 Å². The number of methoxy groups -OCH3 is 1. The molecule has 2 aromatic rings. The number of esters is 1. The van der Waals surface area contributed by atoms with Gasteiger partial charge < -0.3 is 10.1 Å². The van der Waals surface area contributed by atoms with Gasteiger partial charge in [-0.15, -0.1) is 21.5 Å². The molecule has 9 nitrogen and oxygen atoms in total. The van der Waals surface area contributed by atoms with Crippen LogP contribution in [-0.2, 0) is 24.3 Å². The van der Waals surface area contributed by atoms with Gasteiger partial charge in [0.05, 0.1) is 12.9 Å². The number of carbonyl (C=O) groups excluding carboxylic acids is 2. The molecule has 0 bridgehead atoms. The number of nitrogens with zero attached hydrogens (tertiary/aromatic N) is 3. The van der Waals surface area contributed by atoms with Gasteiger partial charge in [-0.25, -0.2) is 8.42 Å². The van der Waals surface area contributed by atoms with E-state index >= 15 is 0 Å². The molecule has 28 heavy (non-hydrogen) atoms. The second-order valence-electron chi connectivity index (χ2n) is 5.84. The smallest absolute Gasteiger partial charge is 0.316 e. The van der Waals surface area contributed by atoms with Gasteiger partial charge in [-0.3, -0.25) is 9.59 Å². The van der Waals surface area contributed by atoms with Crippen LogP contribution in [0.1, 0.15) is 12.8 Å². The van der Waals surface area contributed by atoms with Gasteiger partial charge in [0.15, 0.2) is 4.34 Å². The van der Waals surface area contributed by atoms with Crippen molar-refractivity contribution in [2.45, 2.75) is 21.4 Å². The fourth-order valence-corrected chi connectivity index (χ4v) is 6.80. The number of amides is 1. The third-order valence-corrected chi connectivity index (χ3v) is 9.31. The normalized spacial score (nSPS) is 16.0. The summed E-state index contributed by atoms with van der Waals surface area (Å²) in [7, 11) is -2.17. The van der Waals surface area contributed by atoms with Crippen molar-refractivity contribution in [1.29, 1.82) is 0 Å². The quantitative estimate of drug-likeness (QED) is 0.377. The van der Waals surface area contributed by atoms with Gasteiger partial charge in [0, 0.05) is 19.0 Å². The maximum absolute atomic E-state index is 12.5. The topological polar surface area (TPSA) is 119 Å². The zero-order valence-electron chi connectivity index (χ0n) is 14.9. The number of ether oxygens (including phenoxy) is 1. The van der Waals surface area contributed by atoms with Crippen LogP contribution in [0, 0.1) is 5.92 Å². The molecule has 1 saturated heterocycles. The Morgan fingerprint density at radius 1 is 1.36 bits per heavy atom. The summed E-state index contributed by atoms with van der Waals surface area (Å²) in [6.45, 7) is 0.601. The van der Waals surface area contributed by atoms with E-state index in [0.29, 0.717) is 39.6 Å². The molecule has 1 aliphatic heterocycles. The number of nitrogens with one attached hydrogen (secondary N) is 1. The molecule has 0 atom stereocenters. The minimum absolute atomic E-state index is 0.121. The van der Waals surface area contributed by atoms with E-state index < -0.39 is 10.0 Å². The van der Waals surface area contributed by atoms with E-state index in [1.54, 1.807) is 17.5 Å². The molecule has 2 aromatic heterocycles. The Labute approximate surface area is 174 Å². The predicted molar refractivity (Wildman–Crippen MR) is 107 cm³/mol. The van der Waals surface area contributed by atoms with Crippen LogP contribution < -0.4 is 5.32 Å². The van der Waals surface area contributed by atoms with Crippen molar-refractivity contribution in [2.24, 2.45) is 5.92 Å². The molecular weight excluding hydrogens is 444 g/mol. The molecule has 1 amide bonds. The van der Waals surface area contributed by atoms with Crippen molar-refractivity contribution < 1.29 is 22.7 Å². The highest BCUT2D eigenvalue weighted by atomic mass is 32.2. The fourth-order valence-electron chi connectivity index (χ4n) is 2.60. The summed E-state index contributed by atoms with van der Waals surface area (Å²) in [6, 6.07) is 3.29. The molecule has 0 saturated carbocycles. The zero-order valence-corrected chi connectivity index (χ0v) is 18.1. The number of thioether (sulfide) groups is 1. The first-order valence-corrected chi connectivity index (χ1v) is 12.4. The number of aromatic nitrogens is 2. The van der Waals surface area contributed by atoms with Crippen LogP contribution in [0.4, 0.5) is 5.13 Å². The lowest BCUT2D eigenvalue weighted by Gasteiger charge is -2.29. The first-order valence-electron chi connectivity index (χ1n) is 8.28. The van der Waals surface area contributed by atoms with Crippen molar-refractivity contribution in [3.8, 4) is 0 Å². The van der Waals surface area contributed by atoms with Crippen LogP contribution in [0.25, 0.3) is 0 Å². The first kappa shape index (κ1) is 21.2. The van der Waals surface area contributed by atoms with Gasteiger partial charge in [0.25, 0.3) is 10.0 Å². The Morgan fingerprint density at radius 3 is 2.75 bits per heavy atom. The van der Waals surface area contributed by atoms with Crippen LogP contribution in [0.5, 0.6) is 0 Å². The first-order chi connectivity index (χ1) is 13.4. The van der Waals surface area contributed by atoms with Crippen molar-refractivity contribution in [3.63, 3.8) is 0 Å². The standard InChI is InChI=1S/C15H18N4O5S4/c1-24-11(20)9-26-15-18-17-14(27-15)16-13(21)10-4-6-19(7-5-10)28(22,23)12-3-2-8-25-12/h2-3,8,10H,4-7,9H2,1H3,(H,16,17,21). The Kier molecular flexibility index (Phi) is 7.04. The Bertz CT molecular complexity index is 920. The molecule has 13 heteroatoms. The van der Waals surface area contributed by atoms with Gasteiger partial charge >= 0.3 is 5.97 Å². The van der Waals surface area contributed by atoms with Crippen LogP contribution in [0.2, 0.25) is 0 Å². The van der Waals surface area contributed by atoms with Crippen molar-refractivity contribution in [3.05, 3.63) is 17.5 Å². The maximum Gasteiger partial charge on any atom is 0.316 e. The summed E-state index contributed by atoms with van der Waals surface area (Å²) >= 11 is 3.55. The number of piperidine rings is 1. The average Bonchev–Trinajstić information content (AvgIpc) is 3.38. The van der Waals surface area contributed by atoms with Crippen LogP contribution in [-0.4, -0.2) is 60.7 Å². The van der Waals surface area contributed by atoms with E-state index in [4.69, 9.17) is 0 Å². The Hall–Kier alpha value is -1.54. The van der Waals surface area contributed by atoms with Gasteiger partial charge in [-0.2, -0.15) is 4.31 Å². The maximum atomic E-state index is 12.5. The van der Waals surface area contributed by atoms with E-state index in [-0.39, 0.29) is 23.5 Å². The molecule has 1 N–H and O–H groups in total. The Morgan fingerprint density at radius 2 is 2.11 bits per heavy atom. The molecule has 1 aliphatic rings. The molecule has 1 fully saturated rings. The number of rotatable bonds is 7. The second kappa shape index (κ2) is 9.31. The molecule has 3 heterocycles. The summed E-state index contributed by atoms with van der Waals surface area (Å²) < 4.78 is 31.9. The number of thiophene rings is 1. The molecular formula is C15H18N4O5S4. The highest BCUT2D eigenvalue weighted by Gasteiger charge is 2.32. The van der Waals surface area contributed by atoms with Crippen LogP contribution >= 0.6 is 34.4 Å². The minimum Gasteiger partial charge on any atom is -0.468 e. The lowest BCUT2D eigenvalue weighted by atomic mass is 9.97. The van der Waals surface area contributed by atoms with Gasteiger partial charge in [0.1, 0.15) is 4.21 Å². The van der Waals surface area contributed by atoms with Crippen molar-refractivity contribution >= 4 is 61.5 Å². The van der Waals surface area contributed by atoms with Crippen molar-refractivity contribution in [1.82, 2.24) is 14.5 Å². The molecule has 152 valence electrons. The summed E-state index contributed by atoms with van der Waals surface area (Å²) in [6.07, 6.45) is 0.887. The molecule has 0 aromatic carbocycles. The van der Waals surface area contributed by atoms with Gasteiger partial charge in [0.2, 0.25) is 11.0 Å². The van der Waals surface area contributed by atoms with E-state index in [9.17, 15) is 18.0 Å². The molecule has 0 spiro atoms. The summed E-state index contributed by atoms with van der Waals surface area (Å²) in [5, 5.41) is 12.6. The number of anilines is 1. The van der Waals surface area contributed by atoms with E-state index in [0.717, 1.165) is 0 Å². The Balaban J connectivity index is 1.50. The van der Waals surface area contributed by atoms with Gasteiger partial charge in [-0.1, -0.05) is 29.2 Å². The monoisotopic (exact) mass is 462 g/mol. The van der Waals surface area contributed by atoms with Crippen LogP contribution in [0.3, 0.4) is 0 Å². The lowest BCUT2D eigenvalue weighted by molar-refractivity contribution is -0.137. The van der Waals surface area contributed by atoms with Gasteiger partial charge in [-0.05, 0) is 24.3 Å². The largest absolute Gasteiger partial charge is 0.468 e. The number of hydrogen-bond donors (Lipinski definition) is 1. The van der Waals surface area contributed by atoms with Crippen molar-refractivity contribution in [2.75, 3.05) is 31.3 Å². The third kappa shape index (κ3) is 5.08. The summed E-state index contributed by atoms with van der Waals surface area (Å²) in [5.41, 5.74) is 0. The van der Waals surface area contributed by atoms with E-state index in [2.05, 4.69) is 20.3 Å². The number of carbonyl (C=O) groups is 2. The summed E-state index contributed by atoms with van der Waals surface area (Å²) in [4.78, 5) is 23.6. The predicted octanol–water partition coefficient (Wildman–Crippen LogP) is 1.90. The zero-order chi connectivity index (χ0) is 20.1. The number of hydrogen-bond acceptors (Lipinski definition) is 10. The lowest BCUT2D eigenvalue weighted by Crippen LogP contribution is -2.41. The highest BCUT2D eigenvalue weighted by molar-refractivity contribution is 8.01. The highest BCUT2D eigenvalue weighted by Crippen LogP contribution is 2.29. The van der Waals surface area contributed by atoms with E-state index in [1.165, 1.54) is 45.9 Å². The SMILES string of the molecule is COC(=O)CSc1nnc(NC(=O)C2CCN(S(=O)(=O)c3cccs3)CC2)s1.